The maximum Gasteiger partial charge on any atom is 0.275 e. The third kappa shape index (κ3) is 3.01. The fraction of sp³-hybridized carbons (Fsp3) is 0.417. The summed E-state index contributed by atoms with van der Waals surface area (Å²) in [5, 5.41) is -0.497. The number of alkyl halides is 2. The first kappa shape index (κ1) is 13.1. The normalized spacial score (nSPS) is 11.9. The van der Waals surface area contributed by atoms with Crippen LogP contribution in [0.4, 0.5) is 8.78 Å². The van der Waals surface area contributed by atoms with Crippen molar-refractivity contribution in [2.75, 3.05) is 0 Å². The Hall–Kier alpha value is -0.960. The number of carbonyl (C=O) groups excluding carboxylic acids is 1. The number of carbonyl (C=O) groups is 1. The van der Waals surface area contributed by atoms with Crippen molar-refractivity contribution in [3.05, 3.63) is 35.4 Å². The second-order valence-corrected chi connectivity index (χ2v) is 4.43. The van der Waals surface area contributed by atoms with Gasteiger partial charge in [-0.1, -0.05) is 38.1 Å². The van der Waals surface area contributed by atoms with Crippen molar-refractivity contribution < 1.29 is 13.6 Å². The molecule has 0 radical (unpaired) electrons. The zero-order valence-electron chi connectivity index (χ0n) is 9.14. The van der Waals surface area contributed by atoms with E-state index in [1.807, 2.05) is 0 Å². The van der Waals surface area contributed by atoms with Gasteiger partial charge >= 0.3 is 0 Å². The standard InChI is InChI=1S/C12H13ClF2O/c1-8(2)12(14,15)10-5-3-9(4-6-10)7-11(13)16/h3-6,8H,7H2,1-2H3. The number of hydrogen-bond acceptors (Lipinski definition) is 1. The van der Waals surface area contributed by atoms with Crippen LogP contribution in [0, 0.1) is 5.92 Å². The molecular formula is C12H13ClF2O. The minimum absolute atomic E-state index is 0.0340. The van der Waals surface area contributed by atoms with Crippen molar-refractivity contribution in [3.63, 3.8) is 0 Å². The third-order valence-corrected chi connectivity index (χ3v) is 2.54. The predicted octanol–water partition coefficient (Wildman–Crippen LogP) is 3.74. The van der Waals surface area contributed by atoms with E-state index in [2.05, 4.69) is 0 Å². The quantitative estimate of drug-likeness (QED) is 0.740. The summed E-state index contributed by atoms with van der Waals surface area (Å²) in [5.41, 5.74) is 0.608. The molecule has 0 heterocycles. The van der Waals surface area contributed by atoms with E-state index >= 15 is 0 Å². The molecule has 0 atom stereocenters. The van der Waals surface area contributed by atoms with Crippen LogP contribution in [0.15, 0.2) is 24.3 Å². The van der Waals surface area contributed by atoms with Gasteiger partial charge in [0.2, 0.25) is 5.24 Å². The second kappa shape index (κ2) is 4.91. The summed E-state index contributed by atoms with van der Waals surface area (Å²) in [6.07, 6.45) is 0.0646. The number of rotatable bonds is 4. The lowest BCUT2D eigenvalue weighted by Crippen LogP contribution is -2.20. The van der Waals surface area contributed by atoms with E-state index in [1.54, 1.807) is 0 Å². The first-order chi connectivity index (χ1) is 7.34. The average molecular weight is 247 g/mol. The zero-order valence-corrected chi connectivity index (χ0v) is 9.89. The fourth-order valence-electron chi connectivity index (χ4n) is 1.34. The average Bonchev–Trinajstić information content (AvgIpc) is 2.17. The Balaban J connectivity index is 2.90. The molecule has 88 valence electrons. The highest BCUT2D eigenvalue weighted by atomic mass is 35.5. The zero-order chi connectivity index (χ0) is 12.3. The molecule has 0 N–H and O–H groups in total. The van der Waals surface area contributed by atoms with Crippen LogP contribution in [0.3, 0.4) is 0 Å². The third-order valence-electron chi connectivity index (χ3n) is 2.41. The van der Waals surface area contributed by atoms with Crippen molar-refractivity contribution in [2.24, 2.45) is 5.92 Å². The Morgan fingerprint density at radius 2 is 1.81 bits per heavy atom. The van der Waals surface area contributed by atoms with Crippen molar-refractivity contribution in [1.82, 2.24) is 0 Å². The lowest BCUT2D eigenvalue weighted by molar-refractivity contribution is -0.111. The van der Waals surface area contributed by atoms with Crippen LogP contribution in [0.1, 0.15) is 25.0 Å². The summed E-state index contributed by atoms with van der Waals surface area (Å²) in [7, 11) is 0. The summed E-state index contributed by atoms with van der Waals surface area (Å²) >= 11 is 5.21. The van der Waals surface area contributed by atoms with Gasteiger partial charge in [0.1, 0.15) is 0 Å². The first-order valence-electron chi connectivity index (χ1n) is 4.99. The molecule has 0 aromatic heterocycles. The van der Waals surface area contributed by atoms with E-state index in [9.17, 15) is 13.6 Å². The minimum Gasteiger partial charge on any atom is -0.281 e. The predicted molar refractivity (Wildman–Crippen MR) is 59.7 cm³/mol. The van der Waals surface area contributed by atoms with Crippen LogP contribution in [0.5, 0.6) is 0 Å². The molecule has 0 saturated heterocycles. The Labute approximate surface area is 98.4 Å². The lowest BCUT2D eigenvalue weighted by atomic mass is 9.96. The summed E-state index contributed by atoms with van der Waals surface area (Å²) in [6.45, 7) is 2.94. The molecule has 0 aliphatic rings. The molecule has 16 heavy (non-hydrogen) atoms. The molecule has 0 unspecified atom stereocenters. The van der Waals surface area contributed by atoms with Gasteiger partial charge in [0, 0.05) is 17.9 Å². The molecular weight excluding hydrogens is 234 g/mol. The number of hydrogen-bond donors (Lipinski definition) is 0. The molecule has 0 aliphatic heterocycles. The largest absolute Gasteiger partial charge is 0.281 e. The topological polar surface area (TPSA) is 17.1 Å². The van der Waals surface area contributed by atoms with Gasteiger partial charge in [-0.05, 0) is 17.2 Å². The molecule has 1 nitrogen and oxygen atoms in total. The Bertz CT molecular complexity index is 371. The van der Waals surface area contributed by atoms with Crippen LogP contribution in [0.25, 0.3) is 0 Å². The van der Waals surface area contributed by atoms with E-state index in [1.165, 1.54) is 38.1 Å². The van der Waals surface area contributed by atoms with E-state index in [4.69, 9.17) is 11.6 Å². The van der Waals surface area contributed by atoms with Crippen LogP contribution < -0.4 is 0 Å². The maximum atomic E-state index is 13.6. The molecule has 4 heteroatoms. The Kier molecular flexibility index (Phi) is 4.03. The summed E-state index contributed by atoms with van der Waals surface area (Å²) < 4.78 is 27.2. The van der Waals surface area contributed by atoms with Crippen LogP contribution in [0.2, 0.25) is 0 Å². The molecule has 0 aliphatic carbocycles. The molecule has 0 saturated carbocycles. The molecule has 0 amide bonds. The van der Waals surface area contributed by atoms with Gasteiger partial charge < -0.3 is 0 Å². The minimum atomic E-state index is -2.84. The van der Waals surface area contributed by atoms with Gasteiger partial charge in [-0.15, -0.1) is 0 Å². The van der Waals surface area contributed by atoms with Crippen molar-refractivity contribution in [1.29, 1.82) is 0 Å². The second-order valence-electron chi connectivity index (χ2n) is 4.01. The fourth-order valence-corrected chi connectivity index (χ4v) is 1.49. The van der Waals surface area contributed by atoms with E-state index in [0.717, 1.165) is 0 Å². The van der Waals surface area contributed by atoms with Gasteiger partial charge in [0.05, 0.1) is 0 Å². The van der Waals surface area contributed by atoms with Crippen molar-refractivity contribution in [2.45, 2.75) is 26.2 Å². The summed E-state index contributed by atoms with van der Waals surface area (Å²) in [4.78, 5) is 10.6. The van der Waals surface area contributed by atoms with Gasteiger partial charge in [-0.25, -0.2) is 8.78 Å². The first-order valence-corrected chi connectivity index (χ1v) is 5.37. The molecule has 0 fully saturated rings. The number of halogens is 3. The van der Waals surface area contributed by atoms with Gasteiger partial charge in [0.25, 0.3) is 5.92 Å². The lowest BCUT2D eigenvalue weighted by Gasteiger charge is -2.20. The van der Waals surface area contributed by atoms with E-state index in [-0.39, 0.29) is 12.0 Å². The van der Waals surface area contributed by atoms with Crippen molar-refractivity contribution in [3.8, 4) is 0 Å². The van der Waals surface area contributed by atoms with Crippen LogP contribution in [-0.2, 0) is 17.1 Å². The van der Waals surface area contributed by atoms with E-state index < -0.39 is 17.1 Å². The molecule has 1 aromatic carbocycles. The Morgan fingerprint density at radius 1 is 1.31 bits per heavy atom. The molecule has 1 aromatic rings. The monoisotopic (exact) mass is 246 g/mol. The molecule has 0 spiro atoms. The smallest absolute Gasteiger partial charge is 0.275 e. The summed E-state index contributed by atoms with van der Waals surface area (Å²) in [5.74, 6) is -3.60. The highest BCUT2D eigenvalue weighted by Crippen LogP contribution is 2.35. The Morgan fingerprint density at radius 3 is 2.19 bits per heavy atom. The highest BCUT2D eigenvalue weighted by Gasteiger charge is 2.35. The van der Waals surface area contributed by atoms with Gasteiger partial charge in [-0.2, -0.15) is 0 Å². The summed E-state index contributed by atoms with van der Waals surface area (Å²) in [6, 6.07) is 5.70. The van der Waals surface area contributed by atoms with Gasteiger partial charge in [0.15, 0.2) is 0 Å². The molecule has 0 bridgehead atoms. The van der Waals surface area contributed by atoms with Gasteiger partial charge in [-0.3, -0.25) is 4.79 Å². The highest BCUT2D eigenvalue weighted by molar-refractivity contribution is 6.63. The number of benzene rings is 1. The van der Waals surface area contributed by atoms with Crippen molar-refractivity contribution >= 4 is 16.8 Å². The maximum absolute atomic E-state index is 13.6. The SMILES string of the molecule is CC(C)C(F)(F)c1ccc(CC(=O)Cl)cc1. The van der Waals surface area contributed by atoms with E-state index in [0.29, 0.717) is 5.56 Å². The van der Waals surface area contributed by atoms with Crippen LogP contribution >= 0.6 is 11.6 Å². The van der Waals surface area contributed by atoms with Crippen LogP contribution in [-0.4, -0.2) is 5.24 Å². The molecule has 1 rings (SSSR count).